The van der Waals surface area contributed by atoms with Crippen LogP contribution in [0.5, 0.6) is 0 Å². The topological polar surface area (TPSA) is 29.1 Å². The SMILES string of the molecule is CCCCCCNC(=O)C(Br)CCCC. The molecule has 0 aromatic heterocycles. The molecule has 0 bridgehead atoms. The molecule has 3 heteroatoms. The van der Waals surface area contributed by atoms with Gasteiger partial charge in [0.1, 0.15) is 0 Å². The van der Waals surface area contributed by atoms with Crippen molar-refractivity contribution in [1.29, 1.82) is 0 Å². The second-order valence-corrected chi connectivity index (χ2v) is 5.07. The molecule has 0 aliphatic rings. The van der Waals surface area contributed by atoms with Crippen LogP contribution in [-0.2, 0) is 4.79 Å². The van der Waals surface area contributed by atoms with Gasteiger partial charge < -0.3 is 5.32 Å². The molecule has 90 valence electrons. The van der Waals surface area contributed by atoms with Crippen molar-refractivity contribution in [2.75, 3.05) is 6.54 Å². The average Bonchev–Trinajstić information content (AvgIpc) is 2.25. The number of carbonyl (C=O) groups excluding carboxylic acids is 1. The van der Waals surface area contributed by atoms with Crippen molar-refractivity contribution in [2.24, 2.45) is 0 Å². The molecule has 0 saturated heterocycles. The monoisotopic (exact) mass is 277 g/mol. The maximum absolute atomic E-state index is 11.5. The van der Waals surface area contributed by atoms with Crippen LogP contribution in [-0.4, -0.2) is 17.3 Å². The Hall–Kier alpha value is -0.0500. The molecule has 0 fully saturated rings. The molecule has 0 rings (SSSR count). The number of carbonyl (C=O) groups is 1. The minimum atomic E-state index is 0.00336. The van der Waals surface area contributed by atoms with Gasteiger partial charge in [-0.25, -0.2) is 0 Å². The number of hydrogen-bond donors (Lipinski definition) is 1. The Labute approximate surface area is 102 Å². The lowest BCUT2D eigenvalue weighted by Crippen LogP contribution is -2.31. The van der Waals surface area contributed by atoms with Gasteiger partial charge in [-0.05, 0) is 12.8 Å². The standard InChI is InChI=1S/C12H24BrNO/c1-3-5-7-8-10-14-12(15)11(13)9-6-4-2/h11H,3-10H2,1-2H3,(H,14,15). The summed E-state index contributed by atoms with van der Waals surface area (Å²) in [6.07, 6.45) is 8.03. The van der Waals surface area contributed by atoms with Crippen LogP contribution in [0.3, 0.4) is 0 Å². The van der Waals surface area contributed by atoms with E-state index >= 15 is 0 Å². The zero-order valence-electron chi connectivity index (χ0n) is 10.0. The highest BCUT2D eigenvalue weighted by molar-refractivity contribution is 9.10. The van der Waals surface area contributed by atoms with Gasteiger partial charge in [-0.3, -0.25) is 4.79 Å². The van der Waals surface area contributed by atoms with Gasteiger partial charge in [-0.15, -0.1) is 0 Å². The molecule has 1 N–H and O–H groups in total. The van der Waals surface area contributed by atoms with Crippen LogP contribution in [0.25, 0.3) is 0 Å². The highest BCUT2D eigenvalue weighted by Gasteiger charge is 2.12. The van der Waals surface area contributed by atoms with E-state index in [0.717, 1.165) is 32.2 Å². The van der Waals surface area contributed by atoms with Crippen LogP contribution in [0, 0.1) is 0 Å². The second-order valence-electron chi connectivity index (χ2n) is 3.96. The molecule has 2 nitrogen and oxygen atoms in total. The first-order valence-corrected chi connectivity index (χ1v) is 7.05. The predicted molar refractivity (Wildman–Crippen MR) is 69.4 cm³/mol. The fourth-order valence-corrected chi connectivity index (χ4v) is 1.87. The Kier molecular flexibility index (Phi) is 10.4. The summed E-state index contributed by atoms with van der Waals surface area (Å²) in [5.41, 5.74) is 0. The van der Waals surface area contributed by atoms with E-state index in [2.05, 4.69) is 35.1 Å². The Morgan fingerprint density at radius 1 is 1.13 bits per heavy atom. The first kappa shape index (κ1) is 14.9. The lowest BCUT2D eigenvalue weighted by Gasteiger charge is -2.09. The number of unbranched alkanes of at least 4 members (excludes halogenated alkanes) is 4. The number of amides is 1. The Bertz CT molecular complexity index is 162. The largest absolute Gasteiger partial charge is 0.355 e. The van der Waals surface area contributed by atoms with Gasteiger partial charge in [0.25, 0.3) is 0 Å². The zero-order valence-corrected chi connectivity index (χ0v) is 11.6. The van der Waals surface area contributed by atoms with Crippen molar-refractivity contribution in [2.45, 2.75) is 63.6 Å². The predicted octanol–water partition coefficient (Wildman–Crippen LogP) is 3.64. The summed E-state index contributed by atoms with van der Waals surface area (Å²) in [5, 5.41) is 2.96. The average molecular weight is 278 g/mol. The molecular formula is C12H24BrNO. The van der Waals surface area contributed by atoms with Gasteiger partial charge in [0.15, 0.2) is 0 Å². The summed E-state index contributed by atoms with van der Waals surface area (Å²) < 4.78 is 0. The van der Waals surface area contributed by atoms with Crippen molar-refractivity contribution in [3.63, 3.8) is 0 Å². The van der Waals surface area contributed by atoms with Gasteiger partial charge >= 0.3 is 0 Å². The molecule has 0 saturated carbocycles. The molecule has 0 radical (unpaired) electrons. The van der Waals surface area contributed by atoms with Gasteiger partial charge in [0.05, 0.1) is 4.83 Å². The Morgan fingerprint density at radius 2 is 1.80 bits per heavy atom. The van der Waals surface area contributed by atoms with E-state index in [4.69, 9.17) is 0 Å². The minimum Gasteiger partial charge on any atom is -0.355 e. The summed E-state index contributed by atoms with van der Waals surface area (Å²) in [5.74, 6) is 0.153. The maximum Gasteiger partial charge on any atom is 0.233 e. The first-order chi connectivity index (χ1) is 7.22. The molecule has 0 heterocycles. The van der Waals surface area contributed by atoms with E-state index in [1.165, 1.54) is 19.3 Å². The van der Waals surface area contributed by atoms with Crippen LogP contribution in [0.2, 0.25) is 0 Å². The molecule has 1 unspecified atom stereocenters. The van der Waals surface area contributed by atoms with E-state index in [1.54, 1.807) is 0 Å². The van der Waals surface area contributed by atoms with Crippen LogP contribution in [0.4, 0.5) is 0 Å². The third-order valence-corrected chi connectivity index (χ3v) is 3.30. The van der Waals surface area contributed by atoms with Crippen LogP contribution >= 0.6 is 15.9 Å². The molecule has 0 aliphatic heterocycles. The molecule has 1 amide bonds. The third-order valence-electron chi connectivity index (χ3n) is 2.43. The van der Waals surface area contributed by atoms with Gasteiger partial charge in [-0.1, -0.05) is 61.9 Å². The molecule has 15 heavy (non-hydrogen) atoms. The number of hydrogen-bond acceptors (Lipinski definition) is 1. The molecule has 0 aromatic carbocycles. The van der Waals surface area contributed by atoms with Gasteiger partial charge in [0.2, 0.25) is 5.91 Å². The number of halogens is 1. The fourth-order valence-electron chi connectivity index (χ4n) is 1.39. The van der Waals surface area contributed by atoms with Crippen molar-refractivity contribution >= 4 is 21.8 Å². The van der Waals surface area contributed by atoms with Gasteiger partial charge in [0, 0.05) is 6.54 Å². The lowest BCUT2D eigenvalue weighted by molar-refractivity contribution is -0.120. The third kappa shape index (κ3) is 8.91. The maximum atomic E-state index is 11.5. The number of nitrogens with one attached hydrogen (secondary N) is 1. The minimum absolute atomic E-state index is 0.00336. The van der Waals surface area contributed by atoms with E-state index in [0.29, 0.717) is 0 Å². The summed E-state index contributed by atoms with van der Waals surface area (Å²) in [6, 6.07) is 0. The van der Waals surface area contributed by atoms with E-state index in [-0.39, 0.29) is 10.7 Å². The lowest BCUT2D eigenvalue weighted by atomic mass is 10.2. The van der Waals surface area contributed by atoms with Gasteiger partial charge in [-0.2, -0.15) is 0 Å². The fraction of sp³-hybridized carbons (Fsp3) is 0.917. The summed E-state index contributed by atoms with van der Waals surface area (Å²) in [7, 11) is 0. The first-order valence-electron chi connectivity index (χ1n) is 6.14. The molecule has 0 aliphatic carbocycles. The molecule has 1 atom stereocenters. The van der Waals surface area contributed by atoms with Crippen molar-refractivity contribution in [1.82, 2.24) is 5.32 Å². The Balaban J connectivity index is 3.38. The number of alkyl halides is 1. The van der Waals surface area contributed by atoms with Crippen LogP contribution in [0.15, 0.2) is 0 Å². The van der Waals surface area contributed by atoms with Crippen molar-refractivity contribution < 1.29 is 4.79 Å². The summed E-state index contributed by atoms with van der Waals surface area (Å²) in [4.78, 5) is 11.5. The van der Waals surface area contributed by atoms with Crippen molar-refractivity contribution in [3.05, 3.63) is 0 Å². The van der Waals surface area contributed by atoms with Crippen molar-refractivity contribution in [3.8, 4) is 0 Å². The van der Waals surface area contributed by atoms with E-state index in [1.807, 2.05) is 0 Å². The summed E-state index contributed by atoms with van der Waals surface area (Å²) in [6.45, 7) is 5.16. The van der Waals surface area contributed by atoms with E-state index < -0.39 is 0 Å². The van der Waals surface area contributed by atoms with Crippen LogP contribution in [0.1, 0.15) is 58.8 Å². The second kappa shape index (κ2) is 10.5. The van der Waals surface area contributed by atoms with E-state index in [9.17, 15) is 4.79 Å². The normalized spacial score (nSPS) is 12.5. The molecular weight excluding hydrogens is 254 g/mol. The quantitative estimate of drug-likeness (QED) is 0.506. The highest BCUT2D eigenvalue weighted by Crippen LogP contribution is 2.09. The summed E-state index contributed by atoms with van der Waals surface area (Å²) >= 11 is 3.42. The number of rotatable bonds is 9. The Morgan fingerprint density at radius 3 is 2.40 bits per heavy atom. The van der Waals surface area contributed by atoms with Crippen LogP contribution < -0.4 is 5.32 Å². The highest BCUT2D eigenvalue weighted by atomic mass is 79.9. The molecule has 0 aromatic rings. The molecule has 0 spiro atoms. The zero-order chi connectivity index (χ0) is 11.5. The smallest absolute Gasteiger partial charge is 0.233 e.